The molecule has 1 aromatic rings. The van der Waals surface area contributed by atoms with Crippen molar-refractivity contribution in [2.24, 2.45) is 4.99 Å². The molecule has 1 N–H and O–H groups in total. The van der Waals surface area contributed by atoms with Crippen molar-refractivity contribution < 1.29 is 15.8 Å². The van der Waals surface area contributed by atoms with E-state index in [0.29, 0.717) is 35.4 Å². The Hall–Kier alpha value is -3.18. The Bertz CT molecular complexity index is 955. The number of fused-ring (bicyclic) bond motifs is 1. The van der Waals surface area contributed by atoms with Gasteiger partial charge in [0.2, 0.25) is 5.91 Å². The second-order valence-electron chi connectivity index (χ2n) is 7.12. The third-order valence-corrected chi connectivity index (χ3v) is 6.16. The minimum atomic E-state index is -0.352. The summed E-state index contributed by atoms with van der Waals surface area (Å²) in [6.07, 6.45) is 9.22. The minimum absolute atomic E-state index is 0. The van der Waals surface area contributed by atoms with Crippen LogP contribution >= 0.6 is 11.3 Å². The van der Waals surface area contributed by atoms with Gasteiger partial charge in [0.25, 0.3) is 0 Å². The van der Waals surface area contributed by atoms with E-state index in [0.717, 1.165) is 36.4 Å². The Morgan fingerprint density at radius 1 is 1.37 bits per heavy atom. The molecule has 0 spiro atoms. The monoisotopic (exact) mass is 426 g/mol. The second kappa shape index (κ2) is 10.0. The molecule has 7 nitrogen and oxygen atoms in total. The van der Waals surface area contributed by atoms with Gasteiger partial charge in [-0.15, -0.1) is 11.3 Å². The molecule has 0 radical (unpaired) electrons. The van der Waals surface area contributed by atoms with Crippen LogP contribution < -0.4 is 5.32 Å². The zero-order chi connectivity index (χ0) is 21.5. The number of thiophene rings is 1. The van der Waals surface area contributed by atoms with Crippen molar-refractivity contribution in [2.75, 3.05) is 18.4 Å². The van der Waals surface area contributed by atoms with Crippen molar-refractivity contribution in [2.45, 2.75) is 38.2 Å². The van der Waals surface area contributed by atoms with E-state index in [4.69, 9.17) is 4.74 Å². The van der Waals surface area contributed by atoms with Crippen molar-refractivity contribution in [3.63, 3.8) is 0 Å². The molecule has 2 aliphatic rings. The summed E-state index contributed by atoms with van der Waals surface area (Å²) in [7, 11) is 0. The molecule has 0 saturated carbocycles. The van der Waals surface area contributed by atoms with E-state index in [-0.39, 0.29) is 19.5 Å². The number of carbonyl (C=O) groups excluding carboxylic acids is 2. The van der Waals surface area contributed by atoms with E-state index in [1.807, 2.05) is 0 Å². The van der Waals surface area contributed by atoms with E-state index in [2.05, 4.69) is 29.5 Å². The highest BCUT2D eigenvalue weighted by molar-refractivity contribution is 7.16. The number of hydrogen-bond acceptors (Lipinski definition) is 6. The number of carbonyl (C=O) groups is 2. The van der Waals surface area contributed by atoms with Crippen LogP contribution in [-0.2, 0) is 22.4 Å². The Morgan fingerprint density at radius 2 is 2.13 bits per heavy atom. The van der Waals surface area contributed by atoms with E-state index in [1.54, 1.807) is 4.90 Å². The molecule has 0 bridgehead atoms. The van der Waals surface area contributed by atoms with Crippen LogP contribution in [0, 0.1) is 11.3 Å². The number of ether oxygens (including phenoxy) is 1. The Balaban J connectivity index is 0.00000341. The van der Waals surface area contributed by atoms with Gasteiger partial charge in [0.05, 0.1) is 5.56 Å². The lowest BCUT2D eigenvalue weighted by Crippen LogP contribution is -2.34. The summed E-state index contributed by atoms with van der Waals surface area (Å²) in [6.45, 7) is 8.74. The number of rotatable bonds is 6. The number of likely N-dealkylation sites (tertiary alicyclic amines) is 1. The molecule has 1 unspecified atom stereocenters. The fourth-order valence-corrected chi connectivity index (χ4v) is 4.77. The van der Waals surface area contributed by atoms with Crippen LogP contribution in [0.4, 0.5) is 9.80 Å². The van der Waals surface area contributed by atoms with Crippen LogP contribution in [0.5, 0.6) is 0 Å². The molecule has 2 heterocycles. The molecule has 3 rings (SSSR count). The van der Waals surface area contributed by atoms with Crippen molar-refractivity contribution in [1.82, 2.24) is 4.90 Å². The predicted molar refractivity (Wildman–Crippen MR) is 120 cm³/mol. The molecule has 158 valence electrons. The number of hydrogen-bond donors (Lipinski definition) is 1. The number of amides is 2. The van der Waals surface area contributed by atoms with Gasteiger partial charge in [0.1, 0.15) is 17.2 Å². The fourth-order valence-electron chi connectivity index (χ4n) is 3.51. The SMILES string of the molecule is C=CN=CC(=C)/C=C/C(=O)Nc1sc2c(c1C#N)CCC(OC(=O)N1CCCC1)C2.[HH]. The van der Waals surface area contributed by atoms with Gasteiger partial charge >= 0.3 is 6.09 Å². The average Bonchev–Trinajstić information content (AvgIpc) is 3.38. The fraction of sp³-hybridized carbons (Fsp3) is 0.364. The maximum atomic E-state index is 12.3. The van der Waals surface area contributed by atoms with E-state index >= 15 is 0 Å². The molecule has 1 aliphatic carbocycles. The second-order valence-corrected chi connectivity index (χ2v) is 8.23. The highest BCUT2D eigenvalue weighted by Crippen LogP contribution is 2.38. The molecular weight excluding hydrogens is 400 g/mol. The third-order valence-electron chi connectivity index (χ3n) is 4.99. The van der Waals surface area contributed by atoms with Gasteiger partial charge in [-0.2, -0.15) is 5.26 Å². The lowest BCUT2D eigenvalue weighted by molar-refractivity contribution is -0.111. The van der Waals surface area contributed by atoms with Gasteiger partial charge in [-0.3, -0.25) is 9.79 Å². The van der Waals surface area contributed by atoms with Crippen LogP contribution in [0.3, 0.4) is 0 Å². The molecule has 1 saturated heterocycles. The van der Waals surface area contributed by atoms with Gasteiger partial charge in [-0.25, -0.2) is 4.79 Å². The summed E-state index contributed by atoms with van der Waals surface area (Å²) in [5.41, 5.74) is 1.99. The summed E-state index contributed by atoms with van der Waals surface area (Å²) in [4.78, 5) is 31.1. The number of aliphatic imine (C=N–C) groups is 1. The molecule has 0 aromatic carbocycles. The Labute approximate surface area is 181 Å². The first kappa shape index (κ1) is 21.5. The Morgan fingerprint density at radius 3 is 2.83 bits per heavy atom. The van der Waals surface area contributed by atoms with Crippen molar-refractivity contribution in [3.05, 3.63) is 53.1 Å². The molecule has 8 heteroatoms. The molecule has 1 atom stereocenters. The highest BCUT2D eigenvalue weighted by atomic mass is 32.1. The number of anilines is 1. The first-order valence-corrected chi connectivity index (χ1v) is 10.7. The normalized spacial score (nSPS) is 18.2. The van der Waals surface area contributed by atoms with Gasteiger partial charge in [0, 0.05) is 44.3 Å². The maximum absolute atomic E-state index is 12.3. The van der Waals surface area contributed by atoms with Gasteiger partial charge < -0.3 is 15.0 Å². The average molecular weight is 427 g/mol. The number of allylic oxidation sites excluding steroid dienone is 2. The molecule has 1 fully saturated rings. The third kappa shape index (κ3) is 5.24. The molecular formula is C22H26N4O3S. The van der Waals surface area contributed by atoms with Crippen LogP contribution in [0.1, 0.15) is 36.7 Å². The summed E-state index contributed by atoms with van der Waals surface area (Å²) in [5, 5.41) is 12.9. The number of nitrogens with one attached hydrogen (secondary N) is 1. The van der Waals surface area contributed by atoms with Crippen molar-refractivity contribution in [1.29, 1.82) is 5.26 Å². The van der Waals surface area contributed by atoms with Crippen molar-refractivity contribution >= 4 is 34.6 Å². The van der Waals surface area contributed by atoms with E-state index < -0.39 is 0 Å². The number of nitriles is 1. The first-order valence-electron chi connectivity index (χ1n) is 9.84. The van der Waals surface area contributed by atoms with Crippen LogP contribution in [0.2, 0.25) is 0 Å². The highest BCUT2D eigenvalue weighted by Gasteiger charge is 2.30. The lowest BCUT2D eigenvalue weighted by atomic mass is 9.94. The lowest BCUT2D eigenvalue weighted by Gasteiger charge is -2.25. The summed E-state index contributed by atoms with van der Waals surface area (Å²) >= 11 is 1.37. The van der Waals surface area contributed by atoms with Crippen molar-refractivity contribution in [3.8, 4) is 6.07 Å². The predicted octanol–water partition coefficient (Wildman–Crippen LogP) is 4.22. The van der Waals surface area contributed by atoms with E-state index in [9.17, 15) is 14.9 Å². The van der Waals surface area contributed by atoms with Gasteiger partial charge in [0.15, 0.2) is 0 Å². The smallest absolute Gasteiger partial charge is 0.410 e. The summed E-state index contributed by atoms with van der Waals surface area (Å²) in [6, 6.07) is 2.21. The molecule has 30 heavy (non-hydrogen) atoms. The van der Waals surface area contributed by atoms with E-state index in [1.165, 1.54) is 35.9 Å². The van der Waals surface area contributed by atoms with Gasteiger partial charge in [-0.1, -0.05) is 13.2 Å². The molecule has 1 aromatic heterocycles. The topological polar surface area (TPSA) is 94.8 Å². The zero-order valence-corrected chi connectivity index (χ0v) is 17.5. The van der Waals surface area contributed by atoms with Crippen LogP contribution in [0.15, 0.2) is 42.1 Å². The minimum Gasteiger partial charge on any atom is -0.446 e. The zero-order valence-electron chi connectivity index (χ0n) is 16.7. The molecule has 2 amide bonds. The first-order chi connectivity index (χ1) is 14.5. The van der Waals surface area contributed by atoms with Crippen LogP contribution in [0.25, 0.3) is 0 Å². The maximum Gasteiger partial charge on any atom is 0.410 e. The number of nitrogens with zero attached hydrogens (tertiary/aromatic N) is 3. The largest absolute Gasteiger partial charge is 0.446 e. The summed E-state index contributed by atoms with van der Waals surface area (Å²) in [5.74, 6) is -0.352. The molecule has 1 aliphatic heterocycles. The van der Waals surface area contributed by atoms with Gasteiger partial charge in [-0.05, 0) is 42.9 Å². The Kier molecular flexibility index (Phi) is 7.20. The quantitative estimate of drug-likeness (QED) is 0.418. The standard InChI is InChI=1S/C22H24N4O3S.H2/c1-3-24-14-15(2)6-9-20(27)25-21-18(13-23)17-8-7-16(12-19(17)30-21)29-22(28)26-10-4-5-11-26;/h3,6,9,14,16H,1-2,4-5,7-8,10-12H2,(H,25,27);1H/b9-6+,24-14?;. The summed E-state index contributed by atoms with van der Waals surface area (Å²) < 4.78 is 5.68. The van der Waals surface area contributed by atoms with Crippen LogP contribution in [-0.4, -0.2) is 42.3 Å².